The van der Waals surface area contributed by atoms with Crippen LogP contribution in [-0.4, -0.2) is 54.6 Å². The van der Waals surface area contributed by atoms with Gasteiger partial charge in [0.05, 0.1) is 23.8 Å². The third-order valence-electron chi connectivity index (χ3n) is 6.82. The largest absolute Gasteiger partial charge is 0.381 e. The van der Waals surface area contributed by atoms with Gasteiger partial charge in [0.1, 0.15) is 11.5 Å². The highest BCUT2D eigenvalue weighted by atomic mass is 19.1. The summed E-state index contributed by atoms with van der Waals surface area (Å²) < 4.78 is 23.9. The number of imidazole rings is 1. The summed E-state index contributed by atoms with van der Waals surface area (Å²) >= 11 is 0. The first kappa shape index (κ1) is 19.6. The molecule has 5 heterocycles. The molecule has 8 nitrogen and oxygen atoms in total. The van der Waals surface area contributed by atoms with Crippen molar-refractivity contribution in [3.63, 3.8) is 0 Å². The SMILES string of the molecule is Cc1nc2ncc(-c3ccn4nc(NCC5(F)CCC5)ncc34)cc2n1C1CCOCC1. The molecule has 0 unspecified atom stereocenters. The van der Waals surface area contributed by atoms with E-state index in [2.05, 4.69) is 36.0 Å². The Labute approximate surface area is 184 Å². The second-order valence-corrected chi connectivity index (χ2v) is 8.94. The monoisotopic (exact) mass is 435 g/mol. The van der Waals surface area contributed by atoms with Crippen molar-refractivity contribution in [2.75, 3.05) is 25.1 Å². The number of pyridine rings is 1. The standard InChI is InChI=1S/C23H26FN7O/c1-15-28-21-19(31(15)17-4-9-32-10-5-17)11-16(12-25-21)18-3-8-30-20(18)13-26-22(29-30)27-14-23(24)6-2-7-23/h3,8,11-13,17H,2,4-7,9-10,14H2,1H3,(H,27,29). The van der Waals surface area contributed by atoms with Gasteiger partial charge in [-0.1, -0.05) is 0 Å². The first-order chi connectivity index (χ1) is 15.6. The van der Waals surface area contributed by atoms with Crippen LogP contribution in [0.2, 0.25) is 0 Å². The molecule has 2 aliphatic rings. The maximum Gasteiger partial charge on any atom is 0.241 e. The molecule has 0 aromatic carbocycles. The van der Waals surface area contributed by atoms with Gasteiger partial charge in [-0.05, 0) is 51.2 Å². The Kier molecular flexibility index (Phi) is 4.60. The molecule has 166 valence electrons. The number of rotatable bonds is 5. The molecular weight excluding hydrogens is 409 g/mol. The Morgan fingerprint density at radius 3 is 2.81 bits per heavy atom. The summed E-state index contributed by atoms with van der Waals surface area (Å²) in [7, 11) is 0. The van der Waals surface area contributed by atoms with Crippen molar-refractivity contribution >= 4 is 22.6 Å². The summed E-state index contributed by atoms with van der Waals surface area (Å²) in [5.41, 5.74) is 3.56. The van der Waals surface area contributed by atoms with E-state index < -0.39 is 5.67 Å². The van der Waals surface area contributed by atoms with Gasteiger partial charge in [0, 0.05) is 42.8 Å². The highest BCUT2D eigenvalue weighted by molar-refractivity contribution is 5.85. The van der Waals surface area contributed by atoms with Gasteiger partial charge in [0.25, 0.3) is 0 Å². The third-order valence-corrected chi connectivity index (χ3v) is 6.82. The molecule has 1 aliphatic carbocycles. The lowest BCUT2D eigenvalue weighted by Gasteiger charge is -2.33. The van der Waals surface area contributed by atoms with Crippen LogP contribution in [0.3, 0.4) is 0 Å². The van der Waals surface area contributed by atoms with Crippen molar-refractivity contribution in [2.45, 2.75) is 50.7 Å². The number of hydrogen-bond acceptors (Lipinski definition) is 6. The summed E-state index contributed by atoms with van der Waals surface area (Å²) in [4.78, 5) is 13.7. The van der Waals surface area contributed by atoms with Crippen LogP contribution < -0.4 is 5.32 Å². The van der Waals surface area contributed by atoms with E-state index in [4.69, 9.17) is 4.74 Å². The summed E-state index contributed by atoms with van der Waals surface area (Å²) in [5.74, 6) is 1.42. The Bertz CT molecular complexity index is 1290. The summed E-state index contributed by atoms with van der Waals surface area (Å²) in [5, 5.41) is 7.56. The lowest BCUT2D eigenvalue weighted by Crippen LogP contribution is -2.39. The zero-order valence-electron chi connectivity index (χ0n) is 18.1. The molecule has 0 atom stereocenters. The molecule has 0 amide bonds. The van der Waals surface area contributed by atoms with Gasteiger partial charge in [-0.3, -0.25) is 0 Å². The number of alkyl halides is 1. The van der Waals surface area contributed by atoms with Crippen LogP contribution >= 0.6 is 0 Å². The molecule has 1 N–H and O–H groups in total. The normalized spacial score (nSPS) is 18.8. The van der Waals surface area contributed by atoms with Gasteiger partial charge in [-0.25, -0.2) is 23.9 Å². The van der Waals surface area contributed by atoms with E-state index in [0.29, 0.717) is 24.8 Å². The highest BCUT2D eigenvalue weighted by Gasteiger charge is 2.36. The maximum atomic E-state index is 14.3. The minimum atomic E-state index is -1.12. The fourth-order valence-electron chi connectivity index (χ4n) is 4.84. The lowest BCUT2D eigenvalue weighted by molar-refractivity contribution is 0.0701. The highest BCUT2D eigenvalue weighted by Crippen LogP contribution is 2.36. The van der Waals surface area contributed by atoms with Gasteiger partial charge in [0.15, 0.2) is 5.65 Å². The lowest BCUT2D eigenvalue weighted by atomic mass is 9.82. The van der Waals surface area contributed by atoms with E-state index in [1.807, 2.05) is 25.4 Å². The first-order valence-corrected chi connectivity index (χ1v) is 11.3. The Balaban J connectivity index is 1.33. The first-order valence-electron chi connectivity index (χ1n) is 11.3. The van der Waals surface area contributed by atoms with Crippen molar-refractivity contribution in [2.24, 2.45) is 0 Å². The molecule has 4 aromatic rings. The van der Waals surface area contributed by atoms with Crippen LogP contribution in [0.1, 0.15) is 44.0 Å². The summed E-state index contributed by atoms with van der Waals surface area (Å²) in [6, 6.07) is 4.55. The molecule has 1 aliphatic heterocycles. The van der Waals surface area contributed by atoms with Gasteiger partial charge >= 0.3 is 0 Å². The minimum absolute atomic E-state index is 0.253. The number of aryl methyl sites for hydroxylation is 1. The number of halogens is 1. The fourth-order valence-corrected chi connectivity index (χ4v) is 4.84. The van der Waals surface area contributed by atoms with E-state index >= 15 is 0 Å². The summed E-state index contributed by atoms with van der Waals surface area (Å²) in [6.07, 6.45) is 9.66. The van der Waals surface area contributed by atoms with Crippen LogP contribution in [0.25, 0.3) is 27.8 Å². The van der Waals surface area contributed by atoms with Gasteiger partial charge < -0.3 is 14.6 Å². The van der Waals surface area contributed by atoms with Crippen LogP contribution in [0.5, 0.6) is 0 Å². The predicted octanol–water partition coefficient (Wildman–Crippen LogP) is 4.11. The number of anilines is 1. The average molecular weight is 436 g/mol. The third kappa shape index (κ3) is 3.31. The summed E-state index contributed by atoms with van der Waals surface area (Å²) in [6.45, 7) is 3.84. The number of aromatic nitrogens is 6. The zero-order chi connectivity index (χ0) is 21.7. The van der Waals surface area contributed by atoms with Crippen molar-refractivity contribution < 1.29 is 9.13 Å². The Morgan fingerprint density at radius 2 is 2.03 bits per heavy atom. The molecule has 32 heavy (non-hydrogen) atoms. The Hall–Kier alpha value is -3.07. The molecule has 1 saturated carbocycles. The molecular formula is C23H26FN7O. The van der Waals surface area contributed by atoms with Crippen molar-refractivity contribution in [3.05, 3.63) is 36.5 Å². The second-order valence-electron chi connectivity index (χ2n) is 8.94. The molecule has 0 bridgehead atoms. The maximum absolute atomic E-state index is 14.3. The van der Waals surface area contributed by atoms with Crippen LogP contribution in [0.15, 0.2) is 30.7 Å². The smallest absolute Gasteiger partial charge is 0.241 e. The second kappa shape index (κ2) is 7.51. The van der Waals surface area contributed by atoms with Crippen molar-refractivity contribution in [1.82, 2.24) is 29.1 Å². The topological polar surface area (TPSA) is 82.2 Å². The predicted molar refractivity (Wildman–Crippen MR) is 120 cm³/mol. The van der Waals surface area contributed by atoms with Crippen molar-refractivity contribution in [3.8, 4) is 11.1 Å². The van der Waals surface area contributed by atoms with E-state index in [9.17, 15) is 4.39 Å². The molecule has 4 aromatic heterocycles. The number of hydrogen-bond donors (Lipinski definition) is 1. The molecule has 6 rings (SSSR count). The van der Waals surface area contributed by atoms with Crippen LogP contribution in [0, 0.1) is 6.92 Å². The molecule has 0 radical (unpaired) electrons. The van der Waals surface area contributed by atoms with E-state index in [-0.39, 0.29) is 6.54 Å². The van der Waals surface area contributed by atoms with Gasteiger partial charge in [-0.15, -0.1) is 5.10 Å². The van der Waals surface area contributed by atoms with E-state index in [1.165, 1.54) is 0 Å². The van der Waals surface area contributed by atoms with E-state index in [0.717, 1.165) is 66.1 Å². The number of fused-ring (bicyclic) bond motifs is 2. The minimum Gasteiger partial charge on any atom is -0.381 e. The quantitative estimate of drug-likeness (QED) is 0.508. The molecule has 9 heteroatoms. The number of nitrogens with one attached hydrogen (secondary N) is 1. The number of ether oxygens (including phenoxy) is 1. The van der Waals surface area contributed by atoms with Crippen molar-refractivity contribution in [1.29, 1.82) is 0 Å². The zero-order valence-corrected chi connectivity index (χ0v) is 18.1. The van der Waals surface area contributed by atoms with E-state index in [1.54, 1.807) is 10.7 Å². The van der Waals surface area contributed by atoms with Crippen LogP contribution in [0.4, 0.5) is 10.3 Å². The van der Waals surface area contributed by atoms with Gasteiger partial charge in [-0.2, -0.15) is 0 Å². The molecule has 1 saturated heterocycles. The van der Waals surface area contributed by atoms with Crippen LogP contribution in [-0.2, 0) is 4.74 Å². The average Bonchev–Trinajstić information content (AvgIpc) is 3.36. The molecule has 2 fully saturated rings. The number of nitrogens with zero attached hydrogens (tertiary/aromatic N) is 6. The molecule has 0 spiro atoms. The fraction of sp³-hybridized carbons (Fsp3) is 0.478. The Morgan fingerprint density at radius 1 is 1.19 bits per heavy atom. The van der Waals surface area contributed by atoms with Gasteiger partial charge in [0.2, 0.25) is 5.95 Å².